The molecule has 0 saturated carbocycles. The summed E-state index contributed by atoms with van der Waals surface area (Å²) in [6.07, 6.45) is 3.22. The second-order valence-electron chi connectivity index (χ2n) is 7.67. The molecule has 0 unspecified atom stereocenters. The number of rotatable bonds is 5. The van der Waals surface area contributed by atoms with Gasteiger partial charge in [-0.25, -0.2) is 0 Å². The zero-order chi connectivity index (χ0) is 20.4. The summed E-state index contributed by atoms with van der Waals surface area (Å²) in [5.74, 6) is 1.37. The summed E-state index contributed by atoms with van der Waals surface area (Å²) in [6, 6.07) is 15.8. The molecule has 2 aliphatic heterocycles. The summed E-state index contributed by atoms with van der Waals surface area (Å²) >= 11 is 0. The van der Waals surface area contributed by atoms with Crippen molar-refractivity contribution in [3.63, 3.8) is 0 Å². The van der Waals surface area contributed by atoms with Crippen LogP contribution in [0.3, 0.4) is 0 Å². The molecule has 1 fully saturated rings. The smallest absolute Gasteiger partial charge is 0.255 e. The molecule has 3 heterocycles. The lowest BCUT2D eigenvalue weighted by molar-refractivity contribution is 0.0486. The first-order valence-corrected chi connectivity index (χ1v) is 10.1. The second-order valence-corrected chi connectivity index (χ2v) is 7.67. The first kappa shape index (κ1) is 18.7. The van der Waals surface area contributed by atoms with Gasteiger partial charge in [0.05, 0.1) is 17.5 Å². The summed E-state index contributed by atoms with van der Waals surface area (Å²) < 4.78 is 16.6. The lowest BCUT2D eigenvalue weighted by Gasteiger charge is -2.38. The predicted molar refractivity (Wildman–Crippen MR) is 111 cm³/mol. The monoisotopic (exact) mass is 405 g/mol. The molecule has 1 saturated heterocycles. The van der Waals surface area contributed by atoms with Gasteiger partial charge in [0.2, 0.25) is 6.79 Å². The molecular weight excluding hydrogens is 382 g/mol. The number of nitrogens with zero attached hydrogens (tertiary/aromatic N) is 1. The molecule has 0 radical (unpaired) electrons. The van der Waals surface area contributed by atoms with E-state index in [2.05, 4.69) is 21.6 Å². The van der Waals surface area contributed by atoms with Crippen molar-refractivity contribution < 1.29 is 19.0 Å². The Kier molecular flexibility index (Phi) is 4.88. The van der Waals surface area contributed by atoms with Crippen LogP contribution < -0.4 is 14.8 Å². The van der Waals surface area contributed by atoms with E-state index in [1.54, 1.807) is 6.20 Å². The van der Waals surface area contributed by atoms with Crippen LogP contribution >= 0.6 is 0 Å². The van der Waals surface area contributed by atoms with E-state index in [4.69, 9.17) is 14.2 Å². The molecule has 0 aliphatic carbocycles. The van der Waals surface area contributed by atoms with Gasteiger partial charge in [0, 0.05) is 30.7 Å². The van der Waals surface area contributed by atoms with Crippen LogP contribution in [0.1, 0.15) is 28.8 Å². The fourth-order valence-corrected chi connectivity index (χ4v) is 4.18. The van der Waals surface area contributed by atoms with Crippen LogP contribution in [-0.4, -0.2) is 42.7 Å². The van der Waals surface area contributed by atoms with Gasteiger partial charge in [-0.15, -0.1) is 0 Å². The molecule has 2 aromatic carbocycles. The molecule has 7 heteroatoms. The van der Waals surface area contributed by atoms with E-state index >= 15 is 0 Å². The largest absolute Gasteiger partial charge is 0.454 e. The highest BCUT2D eigenvalue weighted by molar-refractivity contribution is 5.99. The highest BCUT2D eigenvalue weighted by Crippen LogP contribution is 2.40. The van der Waals surface area contributed by atoms with Crippen molar-refractivity contribution in [2.24, 2.45) is 0 Å². The van der Waals surface area contributed by atoms with Gasteiger partial charge in [-0.1, -0.05) is 36.4 Å². The highest BCUT2D eigenvalue weighted by atomic mass is 16.7. The molecule has 1 amide bonds. The molecular formula is C23H23N3O4. The van der Waals surface area contributed by atoms with Crippen LogP contribution in [0.4, 0.5) is 0 Å². The van der Waals surface area contributed by atoms with Gasteiger partial charge in [0.25, 0.3) is 5.91 Å². The maximum atomic E-state index is 13.1. The Bertz CT molecular complexity index is 1040. The predicted octanol–water partition coefficient (Wildman–Crippen LogP) is 3.28. The van der Waals surface area contributed by atoms with E-state index in [1.807, 2.05) is 42.5 Å². The molecule has 2 N–H and O–H groups in total. The summed E-state index contributed by atoms with van der Waals surface area (Å²) in [4.78, 5) is 13.1. The minimum Gasteiger partial charge on any atom is -0.454 e. The molecule has 30 heavy (non-hydrogen) atoms. The van der Waals surface area contributed by atoms with Crippen molar-refractivity contribution in [2.45, 2.75) is 18.3 Å². The van der Waals surface area contributed by atoms with Gasteiger partial charge in [-0.2, -0.15) is 5.10 Å². The molecule has 2 aliphatic rings. The normalized spacial score (nSPS) is 16.9. The first-order valence-electron chi connectivity index (χ1n) is 10.1. The number of carbonyl (C=O) groups excluding carboxylic acids is 1. The van der Waals surface area contributed by atoms with E-state index in [9.17, 15) is 4.79 Å². The number of hydrogen-bond acceptors (Lipinski definition) is 5. The van der Waals surface area contributed by atoms with Gasteiger partial charge in [0.15, 0.2) is 11.5 Å². The van der Waals surface area contributed by atoms with Crippen LogP contribution in [0.25, 0.3) is 11.3 Å². The Hall–Kier alpha value is -3.32. The maximum Gasteiger partial charge on any atom is 0.255 e. The summed E-state index contributed by atoms with van der Waals surface area (Å²) in [7, 11) is 0. The van der Waals surface area contributed by atoms with Crippen LogP contribution in [0.15, 0.2) is 54.7 Å². The van der Waals surface area contributed by atoms with Crippen molar-refractivity contribution in [3.05, 3.63) is 65.9 Å². The number of benzene rings is 2. The molecule has 1 aromatic heterocycles. The summed E-state index contributed by atoms with van der Waals surface area (Å²) in [5.41, 5.74) is 3.10. The van der Waals surface area contributed by atoms with E-state index < -0.39 is 0 Å². The van der Waals surface area contributed by atoms with Crippen molar-refractivity contribution in [1.82, 2.24) is 15.5 Å². The van der Waals surface area contributed by atoms with Gasteiger partial charge >= 0.3 is 0 Å². The van der Waals surface area contributed by atoms with Crippen LogP contribution in [0.2, 0.25) is 0 Å². The molecule has 5 rings (SSSR count). The van der Waals surface area contributed by atoms with Gasteiger partial charge in [0.1, 0.15) is 0 Å². The average Bonchev–Trinajstić information content (AvgIpc) is 3.48. The van der Waals surface area contributed by atoms with Crippen molar-refractivity contribution >= 4 is 5.91 Å². The van der Waals surface area contributed by atoms with Crippen LogP contribution in [0, 0.1) is 0 Å². The average molecular weight is 405 g/mol. The number of aromatic amines is 1. The van der Waals surface area contributed by atoms with E-state index in [1.165, 1.54) is 0 Å². The summed E-state index contributed by atoms with van der Waals surface area (Å²) in [6.45, 7) is 2.07. The van der Waals surface area contributed by atoms with Crippen LogP contribution in [0.5, 0.6) is 11.5 Å². The third kappa shape index (κ3) is 3.41. The first-order chi connectivity index (χ1) is 14.8. The van der Waals surface area contributed by atoms with Crippen molar-refractivity contribution in [3.8, 4) is 22.8 Å². The number of hydrogen-bond donors (Lipinski definition) is 2. The summed E-state index contributed by atoms with van der Waals surface area (Å²) in [5, 5.41) is 10.2. The van der Waals surface area contributed by atoms with Crippen molar-refractivity contribution in [2.75, 3.05) is 26.6 Å². The fraction of sp³-hybridized carbons (Fsp3) is 0.304. The molecule has 7 nitrogen and oxygen atoms in total. The highest BCUT2D eigenvalue weighted by Gasteiger charge is 2.36. The Morgan fingerprint density at radius 1 is 1.07 bits per heavy atom. The van der Waals surface area contributed by atoms with E-state index in [0.717, 1.165) is 41.2 Å². The Balaban J connectivity index is 1.38. The minimum atomic E-state index is -0.217. The van der Waals surface area contributed by atoms with Gasteiger partial charge < -0.3 is 19.5 Å². The number of nitrogens with one attached hydrogen (secondary N) is 2. The number of carbonyl (C=O) groups is 1. The number of ether oxygens (including phenoxy) is 3. The topological polar surface area (TPSA) is 85.5 Å². The third-order valence-electron chi connectivity index (χ3n) is 5.97. The fourth-order valence-electron chi connectivity index (χ4n) is 4.18. The molecule has 154 valence electrons. The maximum absolute atomic E-state index is 13.1. The Labute approximate surface area is 174 Å². The lowest BCUT2D eigenvalue weighted by atomic mass is 9.74. The number of amides is 1. The Morgan fingerprint density at radius 3 is 2.70 bits per heavy atom. The Morgan fingerprint density at radius 2 is 1.87 bits per heavy atom. The SMILES string of the molecule is O=C(NCC1(c2ccc3c(c2)OCO3)CCOCC1)c1cn[nH]c1-c1ccccc1. The zero-order valence-electron chi connectivity index (χ0n) is 16.5. The number of aromatic nitrogens is 2. The van der Waals surface area contributed by atoms with Gasteiger partial charge in [-0.3, -0.25) is 9.89 Å². The second kappa shape index (κ2) is 7.84. The quantitative estimate of drug-likeness (QED) is 0.680. The third-order valence-corrected chi connectivity index (χ3v) is 5.97. The van der Waals surface area contributed by atoms with E-state index in [0.29, 0.717) is 25.3 Å². The molecule has 0 bridgehead atoms. The molecule has 0 atom stereocenters. The zero-order valence-corrected chi connectivity index (χ0v) is 16.5. The lowest BCUT2D eigenvalue weighted by Crippen LogP contribution is -2.44. The van der Waals surface area contributed by atoms with Crippen LogP contribution in [-0.2, 0) is 10.2 Å². The minimum absolute atomic E-state index is 0.144. The number of fused-ring (bicyclic) bond motifs is 1. The number of H-pyrrole nitrogens is 1. The standard InChI is InChI=1S/C23H23N3O4/c27-22(18-13-25-26-21(18)16-4-2-1-3-5-16)24-14-23(8-10-28-11-9-23)17-6-7-19-20(12-17)30-15-29-19/h1-7,12-13H,8-11,14-15H2,(H,24,27)(H,25,26). The molecule has 3 aromatic rings. The molecule has 0 spiro atoms. The van der Waals surface area contributed by atoms with E-state index in [-0.39, 0.29) is 18.1 Å². The van der Waals surface area contributed by atoms with Gasteiger partial charge in [-0.05, 0) is 30.5 Å². The van der Waals surface area contributed by atoms with Crippen molar-refractivity contribution in [1.29, 1.82) is 0 Å².